The second-order valence-electron chi connectivity index (χ2n) is 6.94. The van der Waals surface area contributed by atoms with Crippen LogP contribution in [-0.4, -0.2) is 15.9 Å². The van der Waals surface area contributed by atoms with E-state index in [4.69, 9.17) is 11.6 Å². The molecule has 27 heavy (non-hydrogen) atoms. The first-order chi connectivity index (χ1) is 13.0. The molecule has 140 valence electrons. The van der Waals surface area contributed by atoms with Crippen molar-refractivity contribution in [2.75, 3.05) is 5.32 Å². The third-order valence-corrected chi connectivity index (χ3v) is 6.36. The zero-order chi connectivity index (χ0) is 19.0. The van der Waals surface area contributed by atoms with Crippen molar-refractivity contribution in [3.05, 3.63) is 55.4 Å². The van der Waals surface area contributed by atoms with E-state index >= 15 is 0 Å². The normalized spacial score (nSPS) is 13.6. The fraction of sp³-hybridized carbons (Fsp3) is 0.350. The van der Waals surface area contributed by atoms with Crippen LogP contribution in [0.15, 0.2) is 23.0 Å². The molecule has 7 heteroatoms. The molecule has 2 N–H and O–H groups in total. The van der Waals surface area contributed by atoms with Crippen molar-refractivity contribution in [3.63, 3.8) is 0 Å². The van der Waals surface area contributed by atoms with Gasteiger partial charge < -0.3 is 10.3 Å². The molecule has 0 spiro atoms. The number of H-pyrrole nitrogens is 1. The predicted octanol–water partition coefficient (Wildman–Crippen LogP) is 4.40. The number of thiophene rings is 1. The van der Waals surface area contributed by atoms with Crippen LogP contribution in [0, 0.1) is 6.92 Å². The third-order valence-electron chi connectivity index (χ3n) is 4.86. The summed E-state index contributed by atoms with van der Waals surface area (Å²) in [6.07, 6.45) is 4.89. The second kappa shape index (κ2) is 7.44. The van der Waals surface area contributed by atoms with Gasteiger partial charge in [-0.15, -0.1) is 11.3 Å². The number of nitrogens with one attached hydrogen (secondary N) is 2. The fourth-order valence-corrected chi connectivity index (χ4v) is 5.06. The molecule has 0 fully saturated rings. The highest BCUT2D eigenvalue weighted by atomic mass is 35.5. The Morgan fingerprint density at radius 3 is 2.96 bits per heavy atom. The molecule has 2 aromatic heterocycles. The van der Waals surface area contributed by atoms with Gasteiger partial charge in [-0.05, 0) is 55.9 Å². The number of benzene rings is 1. The van der Waals surface area contributed by atoms with E-state index < -0.39 is 0 Å². The summed E-state index contributed by atoms with van der Waals surface area (Å²) in [6.45, 7) is 1.94. The topological polar surface area (TPSA) is 74.8 Å². The summed E-state index contributed by atoms with van der Waals surface area (Å²) in [5.41, 5.74) is 2.71. The number of carbonyl (C=O) groups is 1. The van der Waals surface area contributed by atoms with Crippen molar-refractivity contribution in [1.82, 2.24) is 9.97 Å². The number of fused-ring (bicyclic) bond motifs is 3. The van der Waals surface area contributed by atoms with Gasteiger partial charge in [-0.1, -0.05) is 17.7 Å². The zero-order valence-electron chi connectivity index (χ0n) is 15.0. The van der Waals surface area contributed by atoms with Crippen LogP contribution in [0.1, 0.15) is 41.1 Å². The average molecular weight is 402 g/mol. The summed E-state index contributed by atoms with van der Waals surface area (Å²) in [7, 11) is 0. The number of nitrogens with zero attached hydrogens (tertiary/aromatic N) is 1. The molecule has 3 aromatic rings. The number of aromatic amines is 1. The molecule has 1 amide bonds. The Hall–Kier alpha value is -2.18. The number of rotatable bonds is 4. The molecule has 0 atom stereocenters. The minimum Gasteiger partial charge on any atom is -0.325 e. The first-order valence-electron chi connectivity index (χ1n) is 9.10. The molecule has 0 aliphatic heterocycles. The SMILES string of the molecule is Cc1ccc(NC(=O)CCc2nc3sc4c(c3c(=O)[nH]2)CCCC4)c(Cl)c1. The molecule has 5 nitrogen and oxygen atoms in total. The number of anilines is 1. The maximum atomic E-state index is 12.5. The number of amides is 1. The van der Waals surface area contributed by atoms with Gasteiger partial charge in [0.1, 0.15) is 10.7 Å². The Balaban J connectivity index is 1.48. The van der Waals surface area contributed by atoms with Crippen LogP contribution < -0.4 is 10.9 Å². The standard InChI is InChI=1S/C20H20ClN3O2S/c1-11-6-7-14(13(21)10-11)22-17(25)9-8-16-23-19(26)18-12-4-2-3-5-15(12)27-20(18)24-16/h6-7,10H,2-5,8-9H2,1H3,(H,22,25)(H,23,24,26). The summed E-state index contributed by atoms with van der Waals surface area (Å²) in [5, 5.41) is 4.07. The molecule has 0 bridgehead atoms. The third kappa shape index (κ3) is 3.77. The van der Waals surface area contributed by atoms with E-state index in [0.717, 1.165) is 35.0 Å². The van der Waals surface area contributed by atoms with E-state index in [1.165, 1.54) is 16.9 Å². The predicted molar refractivity (Wildman–Crippen MR) is 110 cm³/mol. The van der Waals surface area contributed by atoms with Crippen LogP contribution in [0.25, 0.3) is 10.2 Å². The molecule has 1 aromatic carbocycles. The largest absolute Gasteiger partial charge is 0.325 e. The molecule has 0 radical (unpaired) electrons. The number of hydrogen-bond donors (Lipinski definition) is 2. The van der Waals surface area contributed by atoms with Gasteiger partial charge in [0.05, 0.1) is 16.1 Å². The highest BCUT2D eigenvalue weighted by Gasteiger charge is 2.20. The lowest BCUT2D eigenvalue weighted by Crippen LogP contribution is -2.16. The smallest absolute Gasteiger partial charge is 0.259 e. The van der Waals surface area contributed by atoms with E-state index in [9.17, 15) is 9.59 Å². The lowest BCUT2D eigenvalue weighted by Gasteiger charge is -2.09. The molecule has 1 aliphatic rings. The Morgan fingerprint density at radius 2 is 2.15 bits per heavy atom. The lowest BCUT2D eigenvalue weighted by atomic mass is 9.97. The monoisotopic (exact) mass is 401 g/mol. The fourth-order valence-electron chi connectivity index (χ4n) is 3.49. The van der Waals surface area contributed by atoms with Crippen molar-refractivity contribution >= 4 is 44.7 Å². The van der Waals surface area contributed by atoms with Crippen molar-refractivity contribution < 1.29 is 4.79 Å². The van der Waals surface area contributed by atoms with E-state index in [2.05, 4.69) is 15.3 Å². The van der Waals surface area contributed by atoms with E-state index in [1.54, 1.807) is 17.4 Å². The van der Waals surface area contributed by atoms with Crippen molar-refractivity contribution in [1.29, 1.82) is 0 Å². The summed E-state index contributed by atoms with van der Waals surface area (Å²) >= 11 is 7.77. The van der Waals surface area contributed by atoms with E-state index in [-0.39, 0.29) is 17.9 Å². The molecular formula is C20H20ClN3O2S. The first kappa shape index (κ1) is 18.2. The van der Waals surface area contributed by atoms with Crippen LogP contribution in [0.4, 0.5) is 5.69 Å². The Morgan fingerprint density at radius 1 is 1.33 bits per heavy atom. The Bertz CT molecular complexity index is 1090. The summed E-state index contributed by atoms with van der Waals surface area (Å²) < 4.78 is 0. The zero-order valence-corrected chi connectivity index (χ0v) is 16.6. The van der Waals surface area contributed by atoms with Gasteiger partial charge in [0.15, 0.2) is 0 Å². The number of hydrogen-bond acceptors (Lipinski definition) is 4. The highest BCUT2D eigenvalue weighted by Crippen LogP contribution is 2.33. The van der Waals surface area contributed by atoms with Gasteiger partial charge in [0, 0.05) is 17.7 Å². The van der Waals surface area contributed by atoms with Gasteiger partial charge in [0.2, 0.25) is 5.91 Å². The molecule has 1 aliphatic carbocycles. The van der Waals surface area contributed by atoms with Gasteiger partial charge in [-0.25, -0.2) is 4.98 Å². The quantitative estimate of drug-likeness (QED) is 0.680. The molecule has 0 unspecified atom stereocenters. The van der Waals surface area contributed by atoms with Gasteiger partial charge in [-0.3, -0.25) is 9.59 Å². The van der Waals surface area contributed by atoms with Crippen LogP contribution >= 0.6 is 22.9 Å². The summed E-state index contributed by atoms with van der Waals surface area (Å²) in [5.74, 6) is 0.394. The van der Waals surface area contributed by atoms with E-state index in [1.807, 2.05) is 19.1 Å². The van der Waals surface area contributed by atoms with Crippen molar-refractivity contribution in [3.8, 4) is 0 Å². The first-order valence-corrected chi connectivity index (χ1v) is 10.3. The highest BCUT2D eigenvalue weighted by molar-refractivity contribution is 7.18. The van der Waals surface area contributed by atoms with Crippen LogP contribution in [0.3, 0.4) is 0 Å². The second-order valence-corrected chi connectivity index (χ2v) is 8.43. The number of carbonyl (C=O) groups excluding carboxylic acids is 1. The van der Waals surface area contributed by atoms with Gasteiger partial charge in [0.25, 0.3) is 5.56 Å². The summed E-state index contributed by atoms with van der Waals surface area (Å²) in [6, 6.07) is 5.49. The van der Waals surface area contributed by atoms with Gasteiger partial charge >= 0.3 is 0 Å². The number of halogens is 1. The molecule has 0 saturated carbocycles. The molecular weight excluding hydrogens is 382 g/mol. The molecule has 4 rings (SSSR count). The van der Waals surface area contributed by atoms with E-state index in [0.29, 0.717) is 23.0 Å². The lowest BCUT2D eigenvalue weighted by molar-refractivity contribution is -0.116. The minimum absolute atomic E-state index is 0.0867. The van der Waals surface area contributed by atoms with Crippen LogP contribution in [-0.2, 0) is 24.1 Å². The Kier molecular flexibility index (Phi) is 5.02. The molecule has 2 heterocycles. The van der Waals surface area contributed by atoms with Crippen LogP contribution in [0.2, 0.25) is 5.02 Å². The van der Waals surface area contributed by atoms with Crippen molar-refractivity contribution in [2.45, 2.75) is 45.4 Å². The van der Waals surface area contributed by atoms with Crippen molar-refractivity contribution in [2.24, 2.45) is 0 Å². The Labute approximate surface area is 165 Å². The number of aromatic nitrogens is 2. The maximum absolute atomic E-state index is 12.5. The van der Waals surface area contributed by atoms with Gasteiger partial charge in [-0.2, -0.15) is 0 Å². The minimum atomic E-state index is -0.158. The van der Waals surface area contributed by atoms with Crippen LogP contribution in [0.5, 0.6) is 0 Å². The molecule has 0 saturated heterocycles. The average Bonchev–Trinajstić information content (AvgIpc) is 3.01. The maximum Gasteiger partial charge on any atom is 0.259 e. The summed E-state index contributed by atoms with van der Waals surface area (Å²) in [4.78, 5) is 34.3. The number of aryl methyl sites for hydroxylation is 4.